The van der Waals surface area contributed by atoms with Crippen molar-refractivity contribution in [3.8, 4) is 11.3 Å². The number of aromatic nitrogens is 1. The minimum atomic E-state index is 0.794. The van der Waals surface area contributed by atoms with Gasteiger partial charge in [0.25, 0.3) is 0 Å². The van der Waals surface area contributed by atoms with Gasteiger partial charge in [-0.1, -0.05) is 48.0 Å². The average Bonchev–Trinajstić information content (AvgIpc) is 3.22. The van der Waals surface area contributed by atoms with Crippen LogP contribution in [0.3, 0.4) is 0 Å². The Morgan fingerprint density at radius 3 is 2.75 bits per heavy atom. The second kappa shape index (κ2) is 6.55. The minimum absolute atomic E-state index is 0.794. The third-order valence-electron chi connectivity index (χ3n) is 3.65. The lowest BCUT2D eigenvalue weighted by Crippen LogP contribution is -1.88. The highest BCUT2D eigenvalue weighted by Crippen LogP contribution is 2.26. The van der Waals surface area contributed by atoms with Crippen molar-refractivity contribution in [1.82, 2.24) is 4.98 Å². The molecule has 0 aliphatic heterocycles. The first kappa shape index (κ1) is 15.1. The molecule has 4 aromatic rings. The maximum atomic E-state index is 4.58. The Morgan fingerprint density at radius 2 is 1.92 bits per heavy atom. The highest BCUT2D eigenvalue weighted by molar-refractivity contribution is 7.20. The van der Waals surface area contributed by atoms with Crippen LogP contribution in [0.1, 0.15) is 10.4 Å². The summed E-state index contributed by atoms with van der Waals surface area (Å²) in [6, 6.07) is 18.9. The summed E-state index contributed by atoms with van der Waals surface area (Å²) in [5.74, 6) is 0. The number of thiazole rings is 1. The Bertz CT molecular complexity index is 964. The smallest absolute Gasteiger partial charge is 0.203 e. The fourth-order valence-corrected chi connectivity index (χ4v) is 4.00. The molecular formula is C19H15N3S2. The van der Waals surface area contributed by atoms with Crippen molar-refractivity contribution in [3.63, 3.8) is 0 Å². The Labute approximate surface area is 148 Å². The Balaban J connectivity index is 1.47. The molecule has 0 atom stereocenters. The van der Waals surface area contributed by atoms with Crippen LogP contribution < -0.4 is 5.43 Å². The van der Waals surface area contributed by atoms with Gasteiger partial charge in [0.2, 0.25) is 5.13 Å². The lowest BCUT2D eigenvalue weighted by atomic mass is 10.1. The summed E-state index contributed by atoms with van der Waals surface area (Å²) in [5, 5.41) is 8.40. The number of hydrazone groups is 1. The van der Waals surface area contributed by atoms with Gasteiger partial charge in [0.15, 0.2) is 0 Å². The molecule has 0 aliphatic rings. The molecule has 118 valence electrons. The van der Waals surface area contributed by atoms with Crippen LogP contribution in [0.25, 0.3) is 21.3 Å². The fourth-order valence-electron chi connectivity index (χ4n) is 2.40. The van der Waals surface area contributed by atoms with Gasteiger partial charge in [-0.3, -0.25) is 5.43 Å². The number of hydrogen-bond acceptors (Lipinski definition) is 5. The molecule has 0 radical (unpaired) electrons. The van der Waals surface area contributed by atoms with Crippen molar-refractivity contribution >= 4 is 44.1 Å². The summed E-state index contributed by atoms with van der Waals surface area (Å²) in [7, 11) is 0. The molecule has 0 bridgehead atoms. The summed E-state index contributed by atoms with van der Waals surface area (Å²) >= 11 is 3.29. The van der Waals surface area contributed by atoms with Gasteiger partial charge >= 0.3 is 0 Å². The van der Waals surface area contributed by atoms with E-state index >= 15 is 0 Å². The Kier molecular flexibility index (Phi) is 4.11. The second-order valence-corrected chi connectivity index (χ2v) is 7.43. The Hall–Kier alpha value is -2.50. The molecule has 0 unspecified atom stereocenters. The monoisotopic (exact) mass is 349 g/mol. The first-order valence-corrected chi connectivity index (χ1v) is 9.28. The predicted octanol–water partition coefficient (Wildman–Crippen LogP) is 5.78. The average molecular weight is 349 g/mol. The summed E-state index contributed by atoms with van der Waals surface area (Å²) in [6.45, 7) is 2.08. The summed E-state index contributed by atoms with van der Waals surface area (Å²) in [4.78, 5) is 5.71. The molecule has 0 saturated heterocycles. The number of nitrogens with zero attached hydrogens (tertiary/aromatic N) is 2. The minimum Gasteiger partial charge on any atom is -0.253 e. The fraction of sp³-hybridized carbons (Fsp3) is 0.0526. The van der Waals surface area contributed by atoms with E-state index in [0.717, 1.165) is 21.3 Å². The number of benzene rings is 2. The van der Waals surface area contributed by atoms with E-state index in [-0.39, 0.29) is 0 Å². The SMILES string of the molecule is Cc1ccc(-c2csc(NN=Cc3cc4ccccc4s3)n2)cc1. The molecular weight excluding hydrogens is 334 g/mol. The van der Waals surface area contributed by atoms with Gasteiger partial charge in [0.1, 0.15) is 0 Å². The summed E-state index contributed by atoms with van der Waals surface area (Å²) in [6.07, 6.45) is 1.84. The van der Waals surface area contributed by atoms with Gasteiger partial charge < -0.3 is 0 Å². The topological polar surface area (TPSA) is 37.3 Å². The van der Waals surface area contributed by atoms with Crippen LogP contribution in [0.5, 0.6) is 0 Å². The van der Waals surface area contributed by atoms with Crippen LogP contribution in [0.15, 0.2) is 65.1 Å². The molecule has 5 heteroatoms. The normalized spacial score (nSPS) is 11.4. The van der Waals surface area contributed by atoms with Gasteiger partial charge in [0, 0.05) is 20.5 Å². The van der Waals surface area contributed by atoms with Crippen molar-refractivity contribution in [1.29, 1.82) is 0 Å². The molecule has 2 aromatic heterocycles. The molecule has 0 fully saturated rings. The number of hydrogen-bond donors (Lipinski definition) is 1. The van der Waals surface area contributed by atoms with Crippen LogP contribution in [0.4, 0.5) is 5.13 Å². The van der Waals surface area contributed by atoms with Crippen LogP contribution >= 0.6 is 22.7 Å². The number of fused-ring (bicyclic) bond motifs is 1. The van der Waals surface area contributed by atoms with Crippen molar-refractivity contribution in [2.75, 3.05) is 5.43 Å². The van der Waals surface area contributed by atoms with E-state index in [2.05, 4.69) is 77.0 Å². The number of rotatable bonds is 4. The van der Waals surface area contributed by atoms with Gasteiger partial charge in [0.05, 0.1) is 11.9 Å². The molecule has 0 amide bonds. The number of aryl methyl sites for hydroxylation is 1. The molecule has 2 aromatic carbocycles. The first-order chi connectivity index (χ1) is 11.8. The van der Waals surface area contributed by atoms with Gasteiger partial charge in [-0.25, -0.2) is 4.98 Å². The third kappa shape index (κ3) is 3.22. The number of thiophene rings is 1. The molecule has 3 nitrogen and oxygen atoms in total. The maximum absolute atomic E-state index is 4.58. The van der Waals surface area contributed by atoms with Crippen LogP contribution in [-0.2, 0) is 0 Å². The predicted molar refractivity (Wildman–Crippen MR) is 105 cm³/mol. The largest absolute Gasteiger partial charge is 0.253 e. The zero-order valence-corrected chi connectivity index (χ0v) is 14.7. The van der Waals surface area contributed by atoms with Crippen molar-refractivity contribution in [2.24, 2.45) is 5.10 Å². The number of anilines is 1. The van der Waals surface area contributed by atoms with E-state index in [1.807, 2.05) is 11.6 Å². The van der Waals surface area contributed by atoms with Gasteiger partial charge in [-0.2, -0.15) is 5.10 Å². The number of nitrogens with one attached hydrogen (secondary N) is 1. The van der Waals surface area contributed by atoms with Gasteiger partial charge in [-0.15, -0.1) is 22.7 Å². The molecule has 24 heavy (non-hydrogen) atoms. The van der Waals surface area contributed by atoms with Crippen molar-refractivity contribution in [3.05, 3.63) is 70.4 Å². The quantitative estimate of drug-likeness (QED) is 0.374. The van der Waals surface area contributed by atoms with E-state index in [4.69, 9.17) is 0 Å². The maximum Gasteiger partial charge on any atom is 0.203 e. The highest BCUT2D eigenvalue weighted by atomic mass is 32.1. The van der Waals surface area contributed by atoms with E-state index in [1.165, 1.54) is 15.6 Å². The first-order valence-electron chi connectivity index (χ1n) is 7.58. The lowest BCUT2D eigenvalue weighted by molar-refractivity contribution is 1.29. The molecule has 0 aliphatic carbocycles. The molecule has 2 heterocycles. The summed E-state index contributed by atoms with van der Waals surface area (Å²) in [5.41, 5.74) is 6.37. The van der Waals surface area contributed by atoms with Crippen LogP contribution in [0, 0.1) is 6.92 Å². The second-order valence-electron chi connectivity index (χ2n) is 5.46. The van der Waals surface area contributed by atoms with E-state index < -0.39 is 0 Å². The third-order valence-corrected chi connectivity index (χ3v) is 5.45. The van der Waals surface area contributed by atoms with Crippen molar-refractivity contribution in [2.45, 2.75) is 6.92 Å². The molecule has 0 saturated carbocycles. The zero-order valence-electron chi connectivity index (χ0n) is 13.1. The van der Waals surface area contributed by atoms with Crippen LogP contribution in [-0.4, -0.2) is 11.2 Å². The zero-order chi connectivity index (χ0) is 16.4. The standard InChI is InChI=1S/C19H15N3S2/c1-13-6-8-14(9-7-13)17-12-23-19(21-17)22-20-11-16-10-15-4-2-3-5-18(15)24-16/h2-12H,1H3,(H,21,22). The lowest BCUT2D eigenvalue weighted by Gasteiger charge is -1.97. The van der Waals surface area contributed by atoms with Crippen molar-refractivity contribution < 1.29 is 0 Å². The van der Waals surface area contributed by atoms with E-state index in [9.17, 15) is 0 Å². The highest BCUT2D eigenvalue weighted by Gasteiger charge is 2.03. The van der Waals surface area contributed by atoms with Crippen LogP contribution in [0.2, 0.25) is 0 Å². The van der Waals surface area contributed by atoms with E-state index in [1.54, 1.807) is 22.7 Å². The van der Waals surface area contributed by atoms with Gasteiger partial charge in [-0.05, 0) is 24.4 Å². The Morgan fingerprint density at radius 1 is 1.08 bits per heavy atom. The summed E-state index contributed by atoms with van der Waals surface area (Å²) < 4.78 is 1.27. The molecule has 1 N–H and O–H groups in total. The molecule has 4 rings (SSSR count). The molecule has 0 spiro atoms. The van der Waals surface area contributed by atoms with E-state index in [0.29, 0.717) is 0 Å².